The zero-order chi connectivity index (χ0) is 13.1. The van der Waals surface area contributed by atoms with Gasteiger partial charge in [0.25, 0.3) is 0 Å². The molecule has 0 atom stereocenters. The van der Waals surface area contributed by atoms with Crippen LogP contribution in [0.25, 0.3) is 0 Å². The van der Waals surface area contributed by atoms with E-state index >= 15 is 0 Å². The van der Waals surface area contributed by atoms with E-state index in [1.165, 1.54) is 11.9 Å². The lowest BCUT2D eigenvalue weighted by Gasteiger charge is -2.11. The monoisotopic (exact) mass is 270 g/mol. The molecule has 0 aromatic heterocycles. The van der Waals surface area contributed by atoms with Gasteiger partial charge in [-0.15, -0.1) is 0 Å². The summed E-state index contributed by atoms with van der Waals surface area (Å²) in [6.45, 7) is 0. The van der Waals surface area contributed by atoms with Crippen molar-refractivity contribution in [2.45, 2.75) is 4.90 Å². The Hall–Kier alpha value is -2.27. The molecule has 4 nitrogen and oxygen atoms in total. The number of carbonyl (C=O) groups excluding carboxylic acids is 1. The van der Waals surface area contributed by atoms with Crippen molar-refractivity contribution >= 4 is 29.9 Å². The molecule has 2 aromatic carbocycles. The summed E-state index contributed by atoms with van der Waals surface area (Å²) in [4.78, 5) is 17.0. The molecule has 0 fully saturated rings. The van der Waals surface area contributed by atoms with Gasteiger partial charge in [-0.05, 0) is 42.3 Å². The van der Waals surface area contributed by atoms with Crippen LogP contribution < -0.4 is 9.46 Å². The highest BCUT2D eigenvalue weighted by Crippen LogP contribution is 2.33. The summed E-state index contributed by atoms with van der Waals surface area (Å²) in [6, 6.07) is 14.3. The van der Waals surface area contributed by atoms with Gasteiger partial charge in [-0.1, -0.05) is 18.2 Å². The minimum Gasteiger partial charge on any atom is -0.423 e. The molecule has 94 valence electrons. The summed E-state index contributed by atoms with van der Waals surface area (Å²) in [7, 11) is 0. The second-order valence-electron chi connectivity index (χ2n) is 3.86. The van der Waals surface area contributed by atoms with E-state index in [4.69, 9.17) is 4.74 Å². The van der Waals surface area contributed by atoms with E-state index in [-0.39, 0.29) is 5.97 Å². The van der Waals surface area contributed by atoms with Crippen LogP contribution in [-0.4, -0.2) is 12.3 Å². The van der Waals surface area contributed by atoms with Crippen LogP contribution in [0.4, 0.5) is 5.69 Å². The number of hydrogen-bond donors (Lipinski definition) is 1. The van der Waals surface area contributed by atoms with Crippen molar-refractivity contribution in [1.82, 2.24) is 4.72 Å². The largest absolute Gasteiger partial charge is 0.423 e. The van der Waals surface area contributed by atoms with Crippen molar-refractivity contribution in [3.63, 3.8) is 0 Å². The third kappa shape index (κ3) is 2.61. The van der Waals surface area contributed by atoms with Crippen molar-refractivity contribution in [1.29, 1.82) is 0 Å². The van der Waals surface area contributed by atoms with Crippen LogP contribution in [0.3, 0.4) is 0 Å². The van der Waals surface area contributed by atoms with E-state index < -0.39 is 0 Å². The molecule has 1 aliphatic heterocycles. The van der Waals surface area contributed by atoms with Gasteiger partial charge in [0, 0.05) is 0 Å². The van der Waals surface area contributed by atoms with Gasteiger partial charge in [0.2, 0.25) is 0 Å². The number of ether oxygens (including phenoxy) is 1. The number of aliphatic imine (C=N–C) groups is 1. The second kappa shape index (κ2) is 5.16. The average molecular weight is 270 g/mol. The third-order valence-electron chi connectivity index (χ3n) is 2.58. The molecular formula is C14H10N2O2S. The summed E-state index contributed by atoms with van der Waals surface area (Å²) in [6.07, 6.45) is 1.63. The summed E-state index contributed by atoms with van der Waals surface area (Å²) in [5.41, 5.74) is 1.40. The topological polar surface area (TPSA) is 50.7 Å². The summed E-state index contributed by atoms with van der Waals surface area (Å²) >= 11 is 1.44. The van der Waals surface area contributed by atoms with Crippen molar-refractivity contribution in [3.8, 4) is 5.75 Å². The first kappa shape index (κ1) is 11.8. The van der Waals surface area contributed by atoms with E-state index in [1.807, 2.05) is 12.1 Å². The predicted molar refractivity (Wildman–Crippen MR) is 75.0 cm³/mol. The molecule has 0 amide bonds. The van der Waals surface area contributed by atoms with Crippen LogP contribution in [0, 0.1) is 0 Å². The van der Waals surface area contributed by atoms with Crippen LogP contribution in [0.1, 0.15) is 10.4 Å². The Morgan fingerprint density at radius 3 is 2.84 bits per heavy atom. The average Bonchev–Trinajstić information content (AvgIpc) is 2.48. The summed E-state index contributed by atoms with van der Waals surface area (Å²) in [5, 5.41) is 0. The predicted octanol–water partition coefficient (Wildman–Crippen LogP) is 3.18. The van der Waals surface area contributed by atoms with E-state index in [0.29, 0.717) is 11.3 Å². The maximum atomic E-state index is 11.9. The smallest absolute Gasteiger partial charge is 0.343 e. The minimum atomic E-state index is -0.363. The summed E-state index contributed by atoms with van der Waals surface area (Å²) in [5.74, 6) is 0.150. The molecule has 0 saturated heterocycles. The van der Waals surface area contributed by atoms with Gasteiger partial charge in [0.1, 0.15) is 5.75 Å². The number of rotatable bonds is 2. The normalized spacial score (nSPS) is 12.4. The SMILES string of the molecule is O=C(Oc1ccc2c(c1)SNC=N2)c1ccccc1. The van der Waals surface area contributed by atoms with Gasteiger partial charge in [-0.2, -0.15) is 0 Å². The molecule has 0 spiro atoms. The van der Waals surface area contributed by atoms with Crippen LogP contribution in [0.15, 0.2) is 58.4 Å². The maximum absolute atomic E-state index is 11.9. The van der Waals surface area contributed by atoms with E-state index in [0.717, 1.165) is 10.6 Å². The molecule has 0 aliphatic carbocycles. The minimum absolute atomic E-state index is 0.363. The van der Waals surface area contributed by atoms with Gasteiger partial charge < -0.3 is 9.46 Å². The molecule has 1 aliphatic rings. The fraction of sp³-hybridized carbons (Fsp3) is 0. The first-order valence-electron chi connectivity index (χ1n) is 5.69. The second-order valence-corrected chi connectivity index (χ2v) is 4.74. The molecule has 0 bridgehead atoms. The zero-order valence-electron chi connectivity index (χ0n) is 9.87. The fourth-order valence-corrected chi connectivity index (χ4v) is 2.31. The van der Waals surface area contributed by atoms with Gasteiger partial charge in [-0.3, -0.25) is 0 Å². The van der Waals surface area contributed by atoms with Crippen molar-refractivity contribution < 1.29 is 9.53 Å². The molecule has 1 heterocycles. The number of benzene rings is 2. The standard InChI is InChI=1S/C14H10N2O2S/c17-14(10-4-2-1-3-5-10)18-11-6-7-12-13(8-11)19-16-9-15-12/h1-9H,(H,15,16). The lowest BCUT2D eigenvalue weighted by Crippen LogP contribution is -2.08. The first-order chi connectivity index (χ1) is 9.33. The number of nitrogens with one attached hydrogen (secondary N) is 1. The highest BCUT2D eigenvalue weighted by Gasteiger charge is 2.11. The molecular weight excluding hydrogens is 260 g/mol. The number of carbonyl (C=O) groups is 1. The molecule has 0 radical (unpaired) electrons. The van der Waals surface area contributed by atoms with E-state index in [2.05, 4.69) is 9.71 Å². The quantitative estimate of drug-likeness (QED) is 0.517. The zero-order valence-corrected chi connectivity index (χ0v) is 10.7. The number of nitrogens with zero attached hydrogens (tertiary/aromatic N) is 1. The third-order valence-corrected chi connectivity index (χ3v) is 3.35. The lowest BCUT2D eigenvalue weighted by molar-refractivity contribution is 0.0734. The molecule has 0 saturated carbocycles. The Balaban J connectivity index is 1.81. The fourth-order valence-electron chi connectivity index (χ4n) is 1.67. The maximum Gasteiger partial charge on any atom is 0.343 e. The molecule has 19 heavy (non-hydrogen) atoms. The van der Waals surface area contributed by atoms with Crippen LogP contribution in [0.2, 0.25) is 0 Å². The lowest BCUT2D eigenvalue weighted by atomic mass is 10.2. The Labute approximate surface area is 114 Å². The molecule has 5 heteroatoms. The molecule has 0 unspecified atom stereocenters. The Kier molecular flexibility index (Phi) is 3.20. The molecule has 2 aromatic rings. The van der Waals surface area contributed by atoms with Crippen LogP contribution in [-0.2, 0) is 0 Å². The van der Waals surface area contributed by atoms with Crippen molar-refractivity contribution in [3.05, 3.63) is 54.1 Å². The van der Waals surface area contributed by atoms with Crippen LogP contribution >= 0.6 is 11.9 Å². The number of esters is 1. The number of hydrogen-bond acceptors (Lipinski definition) is 5. The van der Waals surface area contributed by atoms with Gasteiger partial charge in [-0.25, -0.2) is 9.79 Å². The number of fused-ring (bicyclic) bond motifs is 1. The van der Waals surface area contributed by atoms with Crippen LogP contribution in [0.5, 0.6) is 5.75 Å². The highest BCUT2D eigenvalue weighted by atomic mass is 32.2. The van der Waals surface area contributed by atoms with Gasteiger partial charge >= 0.3 is 5.97 Å². The Morgan fingerprint density at radius 2 is 2.00 bits per heavy atom. The molecule has 3 rings (SSSR count). The van der Waals surface area contributed by atoms with Crippen molar-refractivity contribution in [2.24, 2.45) is 4.99 Å². The van der Waals surface area contributed by atoms with Gasteiger partial charge in [0.15, 0.2) is 0 Å². The Bertz CT molecular complexity index is 641. The highest BCUT2D eigenvalue weighted by molar-refractivity contribution is 7.98. The van der Waals surface area contributed by atoms with Crippen molar-refractivity contribution in [2.75, 3.05) is 0 Å². The first-order valence-corrected chi connectivity index (χ1v) is 6.51. The van der Waals surface area contributed by atoms with E-state index in [1.54, 1.807) is 42.7 Å². The van der Waals surface area contributed by atoms with E-state index in [9.17, 15) is 4.79 Å². The van der Waals surface area contributed by atoms with Gasteiger partial charge in [0.05, 0.1) is 22.5 Å². The molecule has 1 N–H and O–H groups in total. The Morgan fingerprint density at radius 1 is 1.16 bits per heavy atom. The summed E-state index contributed by atoms with van der Waals surface area (Å²) < 4.78 is 8.27.